The molecule has 7 atom stereocenters. The van der Waals surface area contributed by atoms with Crippen LogP contribution in [0.3, 0.4) is 0 Å². The summed E-state index contributed by atoms with van der Waals surface area (Å²) in [4.78, 5) is 24.9. The Balaban J connectivity index is 2.06. The third-order valence-corrected chi connectivity index (χ3v) is 8.26. The molecule has 3 fully saturated rings. The normalized spacial score (nSPS) is 41.5. The van der Waals surface area contributed by atoms with Gasteiger partial charge in [0, 0.05) is 17.9 Å². The Morgan fingerprint density at radius 2 is 1.93 bits per heavy atom. The highest BCUT2D eigenvalue weighted by atomic mass is 16.5. The van der Waals surface area contributed by atoms with E-state index < -0.39 is 11.4 Å². The Bertz CT molecular complexity index is 746. The van der Waals surface area contributed by atoms with Crippen molar-refractivity contribution in [3.63, 3.8) is 0 Å². The van der Waals surface area contributed by atoms with E-state index in [1.807, 2.05) is 26.8 Å². The average Bonchev–Trinajstić information content (AvgIpc) is 2.62. The van der Waals surface area contributed by atoms with E-state index in [2.05, 4.69) is 20.1 Å². The van der Waals surface area contributed by atoms with Crippen molar-refractivity contribution in [2.24, 2.45) is 34.5 Å². The Labute approximate surface area is 175 Å². The average molecular weight is 401 g/mol. The number of carbonyl (C=O) groups is 2. The van der Waals surface area contributed by atoms with Crippen LogP contribution in [-0.4, -0.2) is 23.1 Å². The number of hydrogen-bond donors (Lipinski definition) is 1. The number of carboxylic acids is 1. The molecule has 0 aromatic heterocycles. The minimum Gasteiger partial charge on any atom is -0.481 e. The van der Waals surface area contributed by atoms with E-state index in [9.17, 15) is 14.7 Å². The Morgan fingerprint density at radius 1 is 1.24 bits per heavy atom. The topological polar surface area (TPSA) is 63.6 Å². The first kappa shape index (κ1) is 21.9. The Kier molecular flexibility index (Phi) is 5.86. The lowest BCUT2D eigenvalue weighted by atomic mass is 9.42. The zero-order valence-electron chi connectivity index (χ0n) is 18.4. The van der Waals surface area contributed by atoms with Gasteiger partial charge in [0.05, 0.1) is 5.41 Å². The van der Waals surface area contributed by atoms with E-state index in [-0.39, 0.29) is 35.2 Å². The minimum atomic E-state index is -0.780. The van der Waals surface area contributed by atoms with E-state index >= 15 is 0 Å². The third kappa shape index (κ3) is 3.60. The first-order chi connectivity index (χ1) is 13.5. The zero-order chi connectivity index (χ0) is 21.6. The molecule has 0 heterocycles. The number of allylic oxidation sites excluding steroid dienone is 3. The summed E-state index contributed by atoms with van der Waals surface area (Å²) >= 11 is 0. The van der Waals surface area contributed by atoms with Crippen LogP contribution in [-0.2, 0) is 14.3 Å². The fraction of sp³-hybridized carbons (Fsp3) is 0.680. The molecular weight excluding hydrogens is 364 g/mol. The molecule has 3 aliphatic rings. The predicted molar refractivity (Wildman–Crippen MR) is 114 cm³/mol. The summed E-state index contributed by atoms with van der Waals surface area (Å²) in [7, 11) is 0. The maximum Gasteiger partial charge on any atom is 0.330 e. The van der Waals surface area contributed by atoms with Gasteiger partial charge >= 0.3 is 11.9 Å². The summed E-state index contributed by atoms with van der Waals surface area (Å²) in [6.07, 6.45) is 8.34. The quantitative estimate of drug-likeness (QED) is 0.382. The van der Waals surface area contributed by atoms with Gasteiger partial charge in [0.15, 0.2) is 0 Å². The summed E-state index contributed by atoms with van der Waals surface area (Å²) in [6, 6.07) is 0. The Morgan fingerprint density at radius 3 is 2.52 bits per heavy atom. The fourth-order valence-corrected chi connectivity index (χ4v) is 6.88. The van der Waals surface area contributed by atoms with E-state index in [0.29, 0.717) is 18.8 Å². The zero-order valence-corrected chi connectivity index (χ0v) is 18.4. The molecule has 0 unspecified atom stereocenters. The molecule has 3 saturated carbocycles. The molecule has 160 valence electrons. The lowest BCUT2D eigenvalue weighted by molar-refractivity contribution is -0.194. The van der Waals surface area contributed by atoms with Crippen LogP contribution in [0, 0.1) is 34.5 Å². The van der Waals surface area contributed by atoms with Gasteiger partial charge in [-0.15, -0.1) is 6.58 Å². The molecular formula is C25H36O4. The van der Waals surface area contributed by atoms with E-state index in [1.165, 1.54) is 6.08 Å². The highest BCUT2D eigenvalue weighted by Crippen LogP contribution is 2.65. The van der Waals surface area contributed by atoms with Crippen molar-refractivity contribution >= 4 is 11.9 Å². The third-order valence-electron chi connectivity index (χ3n) is 8.26. The number of esters is 1. The van der Waals surface area contributed by atoms with Crippen LogP contribution in [0.25, 0.3) is 0 Å². The lowest BCUT2D eigenvalue weighted by Crippen LogP contribution is -2.61. The minimum absolute atomic E-state index is 0.0103. The maximum atomic E-state index is 12.5. The molecule has 0 aromatic rings. The number of aliphatic carboxylic acids is 1. The second-order valence-electron chi connectivity index (χ2n) is 10.2. The first-order valence-electron chi connectivity index (χ1n) is 10.9. The van der Waals surface area contributed by atoms with Gasteiger partial charge in [-0.3, -0.25) is 4.79 Å². The number of carbonyl (C=O) groups excluding carboxylic acids is 1. The summed E-state index contributed by atoms with van der Waals surface area (Å²) in [5.41, 5.74) is 1.20. The number of hydrogen-bond acceptors (Lipinski definition) is 3. The predicted octanol–water partition coefficient (Wildman–Crippen LogP) is 5.55. The molecule has 0 saturated heterocycles. The summed E-state index contributed by atoms with van der Waals surface area (Å²) in [5.74, 6) is -0.525. The molecule has 3 rings (SSSR count). The second-order valence-corrected chi connectivity index (χ2v) is 10.2. The SMILES string of the molecule is C=C[C@H]1C(=C)CC[C@H]2[C@H]1[C@@H](OC(=O)C=C(C)C)C[C@@H]1[C@]2(C)CCC[C@@]1(C)C(=O)O. The van der Waals surface area contributed by atoms with Gasteiger partial charge in [-0.05, 0) is 70.1 Å². The van der Waals surface area contributed by atoms with Gasteiger partial charge in [0.25, 0.3) is 0 Å². The van der Waals surface area contributed by atoms with Crippen molar-refractivity contribution in [2.75, 3.05) is 0 Å². The van der Waals surface area contributed by atoms with Crippen LogP contribution >= 0.6 is 0 Å². The number of rotatable bonds is 4. The molecule has 0 spiro atoms. The largest absolute Gasteiger partial charge is 0.481 e. The van der Waals surface area contributed by atoms with Gasteiger partial charge in [0.1, 0.15) is 6.10 Å². The second kappa shape index (κ2) is 7.77. The van der Waals surface area contributed by atoms with E-state index in [4.69, 9.17) is 4.74 Å². The molecule has 0 aromatic carbocycles. The van der Waals surface area contributed by atoms with Crippen molar-refractivity contribution in [3.8, 4) is 0 Å². The van der Waals surface area contributed by atoms with Crippen LogP contribution in [0.2, 0.25) is 0 Å². The molecule has 4 heteroatoms. The van der Waals surface area contributed by atoms with E-state index in [1.54, 1.807) is 0 Å². The van der Waals surface area contributed by atoms with Gasteiger partial charge < -0.3 is 9.84 Å². The molecule has 4 nitrogen and oxygen atoms in total. The number of fused-ring (bicyclic) bond motifs is 3. The van der Waals surface area contributed by atoms with Crippen LogP contribution < -0.4 is 0 Å². The van der Waals surface area contributed by atoms with Gasteiger partial charge in [-0.1, -0.05) is 37.1 Å². The molecule has 0 aliphatic heterocycles. The lowest BCUT2D eigenvalue weighted by Gasteiger charge is -2.62. The van der Waals surface area contributed by atoms with Crippen molar-refractivity contribution < 1.29 is 19.4 Å². The van der Waals surface area contributed by atoms with Gasteiger partial charge in [-0.2, -0.15) is 0 Å². The molecule has 0 amide bonds. The Hall–Kier alpha value is -1.84. The van der Waals surface area contributed by atoms with E-state index in [0.717, 1.165) is 36.8 Å². The van der Waals surface area contributed by atoms with Crippen LogP contribution in [0.4, 0.5) is 0 Å². The molecule has 3 aliphatic carbocycles. The van der Waals surface area contributed by atoms with Crippen molar-refractivity contribution in [3.05, 3.63) is 36.5 Å². The highest BCUT2D eigenvalue weighted by Gasteiger charge is 2.63. The monoisotopic (exact) mass is 400 g/mol. The van der Waals surface area contributed by atoms with Crippen molar-refractivity contribution in [1.29, 1.82) is 0 Å². The first-order valence-corrected chi connectivity index (χ1v) is 10.9. The maximum absolute atomic E-state index is 12.5. The van der Waals surface area contributed by atoms with Crippen LogP contribution in [0.1, 0.15) is 66.2 Å². The molecule has 1 N–H and O–H groups in total. The standard InChI is InChI=1S/C25H36O4/c1-7-17-16(4)9-10-18-22(17)19(29-21(26)13-15(2)3)14-20-24(18,5)11-8-12-25(20,6)23(27)28/h7,13,17-20,22H,1,4,8-12,14H2,2-3,5-6H3,(H,27,28)/t17-,18-,19-,20+,22-,24+,25+/m0/s1. The fourth-order valence-electron chi connectivity index (χ4n) is 6.88. The van der Waals surface area contributed by atoms with Crippen molar-refractivity contribution in [1.82, 2.24) is 0 Å². The van der Waals surface area contributed by atoms with Crippen molar-refractivity contribution in [2.45, 2.75) is 72.3 Å². The summed E-state index contributed by atoms with van der Waals surface area (Å²) < 4.78 is 6.02. The smallest absolute Gasteiger partial charge is 0.330 e. The van der Waals surface area contributed by atoms with Crippen LogP contribution in [0.15, 0.2) is 36.5 Å². The summed E-state index contributed by atoms with van der Waals surface area (Å²) in [5, 5.41) is 10.1. The van der Waals surface area contributed by atoms with Gasteiger partial charge in [0.2, 0.25) is 0 Å². The number of carboxylic acid groups (broad SMARTS) is 1. The highest BCUT2D eigenvalue weighted by molar-refractivity contribution is 5.82. The molecule has 29 heavy (non-hydrogen) atoms. The van der Waals surface area contributed by atoms with Gasteiger partial charge in [-0.25, -0.2) is 4.79 Å². The molecule has 0 bridgehead atoms. The summed E-state index contributed by atoms with van der Waals surface area (Å²) in [6.45, 7) is 16.3. The number of ether oxygens (including phenoxy) is 1. The molecule has 0 radical (unpaired) electrons. The van der Waals surface area contributed by atoms with Crippen LogP contribution in [0.5, 0.6) is 0 Å².